The Labute approximate surface area is 115 Å². The van der Waals surface area contributed by atoms with Crippen LogP contribution in [0.3, 0.4) is 0 Å². The Kier molecular flexibility index (Phi) is 5.51. The molecule has 0 heterocycles. The minimum absolute atomic E-state index is 0.0243. The summed E-state index contributed by atoms with van der Waals surface area (Å²) in [5, 5.41) is 15.8. The van der Waals surface area contributed by atoms with Crippen molar-refractivity contribution >= 4 is 5.91 Å². The first kappa shape index (κ1) is 15.7. The molecule has 1 aromatic carbocycles. The van der Waals surface area contributed by atoms with Crippen LogP contribution in [0.2, 0.25) is 0 Å². The molecule has 0 radical (unpaired) electrons. The van der Waals surface area contributed by atoms with E-state index in [2.05, 4.69) is 10.6 Å². The maximum atomic E-state index is 11.8. The fraction of sp³-hybridized carbons (Fsp3) is 0.533. The Morgan fingerprint density at radius 2 is 1.84 bits per heavy atom. The molecule has 3 N–H and O–H groups in total. The number of aryl methyl sites for hydroxylation is 1. The van der Waals surface area contributed by atoms with Crippen LogP contribution in [0.25, 0.3) is 0 Å². The molecule has 0 saturated carbocycles. The lowest BCUT2D eigenvalue weighted by molar-refractivity contribution is 0.0446. The number of hydrogen-bond donors (Lipinski definition) is 3. The Morgan fingerprint density at radius 1 is 1.26 bits per heavy atom. The number of rotatable bonds is 6. The van der Waals surface area contributed by atoms with Gasteiger partial charge in [0.15, 0.2) is 0 Å². The van der Waals surface area contributed by atoms with Crippen LogP contribution in [-0.2, 0) is 0 Å². The van der Waals surface area contributed by atoms with Crippen molar-refractivity contribution in [1.29, 1.82) is 0 Å². The largest absolute Gasteiger partial charge is 0.389 e. The molecule has 1 amide bonds. The van der Waals surface area contributed by atoms with Gasteiger partial charge in [-0.25, -0.2) is 0 Å². The van der Waals surface area contributed by atoms with Crippen LogP contribution in [0.15, 0.2) is 24.3 Å². The number of nitrogens with one attached hydrogen (secondary N) is 2. The van der Waals surface area contributed by atoms with Crippen molar-refractivity contribution in [2.75, 3.05) is 13.1 Å². The summed E-state index contributed by atoms with van der Waals surface area (Å²) in [6.07, 6.45) is 0. The van der Waals surface area contributed by atoms with Gasteiger partial charge in [-0.3, -0.25) is 4.79 Å². The van der Waals surface area contributed by atoms with Crippen molar-refractivity contribution in [3.8, 4) is 0 Å². The second kappa shape index (κ2) is 6.68. The zero-order valence-corrected chi connectivity index (χ0v) is 12.2. The fourth-order valence-corrected chi connectivity index (χ4v) is 1.52. The quantitative estimate of drug-likeness (QED) is 0.682. The predicted octanol–water partition coefficient (Wildman–Crippen LogP) is 1.47. The summed E-state index contributed by atoms with van der Waals surface area (Å²) >= 11 is 0. The van der Waals surface area contributed by atoms with E-state index in [1.165, 1.54) is 0 Å². The summed E-state index contributed by atoms with van der Waals surface area (Å²) in [4.78, 5) is 11.8. The minimum Gasteiger partial charge on any atom is -0.389 e. The molecule has 0 fully saturated rings. The third kappa shape index (κ3) is 5.41. The van der Waals surface area contributed by atoms with Gasteiger partial charge in [0.25, 0.3) is 5.91 Å². The Bertz CT molecular complexity index is 407. The summed E-state index contributed by atoms with van der Waals surface area (Å²) < 4.78 is 0. The summed E-state index contributed by atoms with van der Waals surface area (Å²) in [7, 11) is 0. The summed E-state index contributed by atoms with van der Waals surface area (Å²) in [5.74, 6) is -0.0716. The molecular formula is C15H24N2O2. The molecule has 0 saturated heterocycles. The van der Waals surface area contributed by atoms with Gasteiger partial charge in [-0.2, -0.15) is 0 Å². The number of benzene rings is 1. The van der Waals surface area contributed by atoms with E-state index in [1.54, 1.807) is 13.8 Å². The van der Waals surface area contributed by atoms with Crippen molar-refractivity contribution in [2.45, 2.75) is 39.3 Å². The Hall–Kier alpha value is -1.39. The minimum atomic E-state index is -0.763. The van der Waals surface area contributed by atoms with Gasteiger partial charge < -0.3 is 15.7 Å². The first-order valence-electron chi connectivity index (χ1n) is 6.61. The van der Waals surface area contributed by atoms with E-state index in [4.69, 9.17) is 0 Å². The molecule has 0 aliphatic heterocycles. The van der Waals surface area contributed by atoms with Crippen molar-refractivity contribution in [1.82, 2.24) is 10.6 Å². The maximum Gasteiger partial charge on any atom is 0.251 e. The summed E-state index contributed by atoms with van der Waals surface area (Å²) in [6.45, 7) is 8.59. The zero-order chi connectivity index (χ0) is 14.5. The van der Waals surface area contributed by atoms with E-state index < -0.39 is 5.60 Å². The van der Waals surface area contributed by atoms with Crippen molar-refractivity contribution < 1.29 is 9.90 Å². The van der Waals surface area contributed by atoms with E-state index in [9.17, 15) is 9.90 Å². The molecule has 19 heavy (non-hydrogen) atoms. The van der Waals surface area contributed by atoms with Crippen LogP contribution < -0.4 is 10.6 Å². The van der Waals surface area contributed by atoms with E-state index in [-0.39, 0.29) is 11.9 Å². The molecule has 0 spiro atoms. The molecule has 1 aromatic rings. The van der Waals surface area contributed by atoms with Crippen molar-refractivity contribution in [2.24, 2.45) is 0 Å². The van der Waals surface area contributed by atoms with Crippen LogP contribution in [-0.4, -0.2) is 35.7 Å². The third-order valence-corrected chi connectivity index (χ3v) is 3.23. The van der Waals surface area contributed by atoms with Crippen LogP contribution in [0.5, 0.6) is 0 Å². The monoisotopic (exact) mass is 264 g/mol. The fourth-order valence-electron chi connectivity index (χ4n) is 1.52. The number of hydrogen-bond acceptors (Lipinski definition) is 3. The molecule has 0 bridgehead atoms. The lowest BCUT2D eigenvalue weighted by Crippen LogP contribution is -2.46. The first-order chi connectivity index (χ1) is 8.80. The van der Waals surface area contributed by atoms with E-state index in [0.29, 0.717) is 18.7 Å². The second-order valence-electron chi connectivity index (χ2n) is 5.45. The molecule has 1 atom stereocenters. The summed E-state index contributed by atoms with van der Waals surface area (Å²) in [5.41, 5.74) is 1.04. The average Bonchev–Trinajstić information content (AvgIpc) is 2.33. The number of carbonyl (C=O) groups excluding carboxylic acids is 1. The van der Waals surface area contributed by atoms with E-state index in [1.807, 2.05) is 38.1 Å². The SMILES string of the molecule is Cc1ccc(C(=O)NCCNC(C)C(C)(C)O)cc1. The summed E-state index contributed by atoms with van der Waals surface area (Å²) in [6, 6.07) is 7.45. The molecule has 0 aromatic heterocycles. The van der Waals surface area contributed by atoms with Gasteiger partial charge in [0, 0.05) is 24.7 Å². The number of carbonyl (C=O) groups is 1. The number of amides is 1. The van der Waals surface area contributed by atoms with E-state index in [0.717, 1.165) is 5.56 Å². The molecule has 0 aliphatic rings. The van der Waals surface area contributed by atoms with Gasteiger partial charge in [-0.05, 0) is 39.8 Å². The standard InChI is InChI=1S/C15H24N2O2/c1-11-5-7-13(8-6-11)14(18)17-10-9-16-12(2)15(3,4)19/h5-8,12,16,19H,9-10H2,1-4H3,(H,17,18). The Balaban J connectivity index is 2.30. The smallest absolute Gasteiger partial charge is 0.251 e. The van der Waals surface area contributed by atoms with Gasteiger partial charge in [0.1, 0.15) is 0 Å². The van der Waals surface area contributed by atoms with Crippen LogP contribution in [0.1, 0.15) is 36.7 Å². The lowest BCUT2D eigenvalue weighted by Gasteiger charge is -2.26. The maximum absolute atomic E-state index is 11.8. The highest BCUT2D eigenvalue weighted by molar-refractivity contribution is 5.94. The van der Waals surface area contributed by atoms with Gasteiger partial charge in [-0.15, -0.1) is 0 Å². The molecule has 4 heteroatoms. The van der Waals surface area contributed by atoms with Gasteiger partial charge >= 0.3 is 0 Å². The third-order valence-electron chi connectivity index (χ3n) is 3.23. The van der Waals surface area contributed by atoms with Crippen molar-refractivity contribution in [3.63, 3.8) is 0 Å². The van der Waals surface area contributed by atoms with Gasteiger partial charge in [-0.1, -0.05) is 17.7 Å². The Morgan fingerprint density at radius 3 is 2.37 bits per heavy atom. The first-order valence-corrected chi connectivity index (χ1v) is 6.61. The molecule has 106 valence electrons. The lowest BCUT2D eigenvalue weighted by atomic mass is 10.0. The van der Waals surface area contributed by atoms with Crippen LogP contribution in [0.4, 0.5) is 0 Å². The highest BCUT2D eigenvalue weighted by Crippen LogP contribution is 2.06. The highest BCUT2D eigenvalue weighted by atomic mass is 16.3. The second-order valence-corrected chi connectivity index (χ2v) is 5.45. The average molecular weight is 264 g/mol. The zero-order valence-electron chi connectivity index (χ0n) is 12.2. The molecular weight excluding hydrogens is 240 g/mol. The molecule has 1 rings (SSSR count). The van der Waals surface area contributed by atoms with Crippen LogP contribution in [0, 0.1) is 6.92 Å². The molecule has 1 unspecified atom stereocenters. The molecule has 0 aliphatic carbocycles. The van der Waals surface area contributed by atoms with Crippen LogP contribution >= 0.6 is 0 Å². The normalized spacial score (nSPS) is 13.1. The number of aliphatic hydroxyl groups is 1. The topological polar surface area (TPSA) is 61.4 Å². The van der Waals surface area contributed by atoms with Gasteiger partial charge in [0.2, 0.25) is 0 Å². The predicted molar refractivity (Wildman–Crippen MR) is 77.3 cm³/mol. The van der Waals surface area contributed by atoms with E-state index >= 15 is 0 Å². The highest BCUT2D eigenvalue weighted by Gasteiger charge is 2.21. The van der Waals surface area contributed by atoms with Gasteiger partial charge in [0.05, 0.1) is 5.60 Å². The van der Waals surface area contributed by atoms with Crippen molar-refractivity contribution in [3.05, 3.63) is 35.4 Å². The molecule has 4 nitrogen and oxygen atoms in total.